The predicted octanol–water partition coefficient (Wildman–Crippen LogP) is 3.81. The number of ether oxygens (including phenoxy) is 2. The topological polar surface area (TPSA) is 35.5 Å². The van der Waals surface area contributed by atoms with Gasteiger partial charge in [0.1, 0.15) is 6.29 Å². The quantitative estimate of drug-likeness (QED) is 0.804. The van der Waals surface area contributed by atoms with Gasteiger partial charge in [-0.05, 0) is 30.3 Å². The molecule has 0 saturated heterocycles. The monoisotopic (exact) mass is 286 g/mol. The third-order valence-corrected chi connectivity index (χ3v) is 3.97. The van der Waals surface area contributed by atoms with E-state index >= 15 is 0 Å². The summed E-state index contributed by atoms with van der Waals surface area (Å²) in [7, 11) is 0. The highest BCUT2D eigenvalue weighted by Crippen LogP contribution is 2.36. The Morgan fingerprint density at radius 2 is 1.60 bits per heavy atom. The summed E-state index contributed by atoms with van der Waals surface area (Å²) in [6, 6.07) is 13.5. The van der Waals surface area contributed by atoms with Crippen molar-refractivity contribution < 1.29 is 14.3 Å². The van der Waals surface area contributed by atoms with Gasteiger partial charge in [-0.25, -0.2) is 0 Å². The highest BCUT2D eigenvalue weighted by molar-refractivity contribution is 7.99. The van der Waals surface area contributed by atoms with Crippen LogP contribution in [0.25, 0.3) is 0 Å². The van der Waals surface area contributed by atoms with Crippen LogP contribution in [0.5, 0.6) is 11.5 Å². The molecule has 0 atom stereocenters. The van der Waals surface area contributed by atoms with Crippen LogP contribution in [0.2, 0.25) is 0 Å². The second-order valence-electron chi connectivity index (χ2n) is 4.45. The van der Waals surface area contributed by atoms with Gasteiger partial charge in [0.15, 0.2) is 11.5 Å². The van der Waals surface area contributed by atoms with Crippen LogP contribution >= 0.6 is 11.8 Å². The molecule has 20 heavy (non-hydrogen) atoms. The molecule has 0 radical (unpaired) electrons. The summed E-state index contributed by atoms with van der Waals surface area (Å²) in [4.78, 5) is 12.8. The van der Waals surface area contributed by atoms with E-state index in [2.05, 4.69) is 0 Å². The van der Waals surface area contributed by atoms with E-state index in [9.17, 15) is 4.79 Å². The van der Waals surface area contributed by atoms with Crippen LogP contribution < -0.4 is 9.47 Å². The molecule has 3 rings (SSSR count). The van der Waals surface area contributed by atoms with Crippen LogP contribution in [0, 0.1) is 0 Å². The molecule has 1 aliphatic rings. The van der Waals surface area contributed by atoms with Gasteiger partial charge < -0.3 is 9.47 Å². The van der Waals surface area contributed by atoms with Crippen LogP contribution in [0.15, 0.2) is 52.3 Å². The van der Waals surface area contributed by atoms with Gasteiger partial charge in [0.05, 0.1) is 13.2 Å². The minimum atomic E-state index is 0.688. The molecular formula is C16H14O3S. The third-order valence-electron chi connectivity index (χ3n) is 2.97. The van der Waals surface area contributed by atoms with Crippen LogP contribution in [0.4, 0.5) is 0 Å². The van der Waals surface area contributed by atoms with E-state index in [0.29, 0.717) is 18.8 Å². The molecule has 4 heteroatoms. The molecule has 0 aromatic heterocycles. The summed E-state index contributed by atoms with van der Waals surface area (Å²) in [5, 5.41) is 0. The number of hydrogen-bond acceptors (Lipinski definition) is 4. The average molecular weight is 286 g/mol. The lowest BCUT2D eigenvalue weighted by atomic mass is 10.2. The summed E-state index contributed by atoms with van der Waals surface area (Å²) in [6.07, 6.45) is 1.76. The van der Waals surface area contributed by atoms with Crippen molar-refractivity contribution in [3.8, 4) is 11.5 Å². The first-order valence-corrected chi connectivity index (χ1v) is 7.29. The van der Waals surface area contributed by atoms with E-state index in [-0.39, 0.29) is 0 Å². The summed E-state index contributed by atoms with van der Waals surface area (Å²) in [5.41, 5.74) is 0.688. The fraction of sp³-hybridized carbons (Fsp3) is 0.188. The van der Waals surface area contributed by atoms with Crippen molar-refractivity contribution in [3.05, 3.63) is 48.0 Å². The van der Waals surface area contributed by atoms with Crippen LogP contribution in [-0.4, -0.2) is 19.5 Å². The van der Waals surface area contributed by atoms with Crippen molar-refractivity contribution in [1.82, 2.24) is 0 Å². The lowest BCUT2D eigenvalue weighted by Crippen LogP contribution is -1.97. The summed E-state index contributed by atoms with van der Waals surface area (Å²) < 4.78 is 11.3. The molecule has 2 aromatic rings. The molecule has 102 valence electrons. The largest absolute Gasteiger partial charge is 0.490 e. The molecule has 1 aliphatic heterocycles. The van der Waals surface area contributed by atoms with Crippen molar-refractivity contribution in [2.24, 2.45) is 0 Å². The van der Waals surface area contributed by atoms with Gasteiger partial charge in [-0.1, -0.05) is 23.9 Å². The Bertz CT molecular complexity index is 608. The maximum absolute atomic E-state index is 10.6. The summed E-state index contributed by atoms with van der Waals surface area (Å²) >= 11 is 1.63. The molecule has 0 fully saturated rings. The molecule has 0 amide bonds. The number of carbonyl (C=O) groups is 1. The number of hydrogen-bond donors (Lipinski definition) is 0. The average Bonchev–Trinajstić information content (AvgIpc) is 2.73. The first-order chi connectivity index (χ1) is 9.85. The minimum absolute atomic E-state index is 0.688. The molecule has 2 aromatic carbocycles. The predicted molar refractivity (Wildman–Crippen MR) is 78.0 cm³/mol. The molecule has 0 bridgehead atoms. The summed E-state index contributed by atoms with van der Waals surface area (Å²) in [6.45, 7) is 1.39. The second kappa shape index (κ2) is 6.01. The Labute approximate surface area is 121 Å². The van der Waals surface area contributed by atoms with Crippen LogP contribution in [0.1, 0.15) is 16.8 Å². The van der Waals surface area contributed by atoms with E-state index in [1.165, 1.54) is 0 Å². The first kappa shape index (κ1) is 13.1. The van der Waals surface area contributed by atoms with Gasteiger partial charge in [0.25, 0.3) is 0 Å². The number of fused-ring (bicyclic) bond motifs is 1. The fourth-order valence-electron chi connectivity index (χ4n) is 1.96. The lowest BCUT2D eigenvalue weighted by Gasteiger charge is -2.09. The standard InChI is InChI=1S/C16H14O3S/c17-11-12-2-4-13(5-3-12)20-14-6-7-15-16(10-14)19-9-1-8-18-15/h2-7,10-11H,1,8-9H2. The lowest BCUT2D eigenvalue weighted by molar-refractivity contribution is 0.112. The maximum atomic E-state index is 10.6. The number of aldehydes is 1. The fourth-order valence-corrected chi connectivity index (χ4v) is 2.80. The Balaban J connectivity index is 1.80. The van der Waals surface area contributed by atoms with Crippen LogP contribution in [-0.2, 0) is 0 Å². The van der Waals surface area contributed by atoms with Crippen molar-refractivity contribution in [1.29, 1.82) is 0 Å². The molecule has 0 N–H and O–H groups in total. The number of carbonyl (C=O) groups excluding carboxylic acids is 1. The van der Waals surface area contributed by atoms with E-state index in [0.717, 1.165) is 34.0 Å². The van der Waals surface area contributed by atoms with Gasteiger partial charge in [-0.15, -0.1) is 0 Å². The zero-order valence-corrected chi connectivity index (χ0v) is 11.7. The van der Waals surface area contributed by atoms with Crippen molar-refractivity contribution in [3.63, 3.8) is 0 Å². The zero-order chi connectivity index (χ0) is 13.8. The molecule has 0 saturated carbocycles. The Kier molecular flexibility index (Phi) is 3.92. The molecule has 0 aliphatic carbocycles. The highest BCUT2D eigenvalue weighted by atomic mass is 32.2. The van der Waals surface area contributed by atoms with Gasteiger partial charge in [-0.2, -0.15) is 0 Å². The molecule has 1 heterocycles. The zero-order valence-electron chi connectivity index (χ0n) is 10.9. The van der Waals surface area contributed by atoms with E-state index in [4.69, 9.17) is 9.47 Å². The Morgan fingerprint density at radius 1 is 0.900 bits per heavy atom. The Hall–Kier alpha value is -1.94. The minimum Gasteiger partial charge on any atom is -0.490 e. The Morgan fingerprint density at radius 3 is 2.35 bits per heavy atom. The number of benzene rings is 2. The van der Waals surface area contributed by atoms with Gasteiger partial charge in [-0.3, -0.25) is 4.79 Å². The SMILES string of the molecule is O=Cc1ccc(Sc2ccc3c(c2)OCCCO3)cc1. The van der Waals surface area contributed by atoms with Crippen molar-refractivity contribution >= 4 is 18.0 Å². The van der Waals surface area contributed by atoms with E-state index < -0.39 is 0 Å². The molecular weight excluding hydrogens is 272 g/mol. The van der Waals surface area contributed by atoms with Gasteiger partial charge in [0, 0.05) is 21.8 Å². The van der Waals surface area contributed by atoms with Gasteiger partial charge >= 0.3 is 0 Å². The maximum Gasteiger partial charge on any atom is 0.162 e. The molecule has 3 nitrogen and oxygen atoms in total. The van der Waals surface area contributed by atoms with Gasteiger partial charge in [0.2, 0.25) is 0 Å². The molecule has 0 unspecified atom stereocenters. The van der Waals surface area contributed by atoms with E-state index in [1.54, 1.807) is 11.8 Å². The molecule has 0 spiro atoms. The smallest absolute Gasteiger partial charge is 0.162 e. The normalized spacial score (nSPS) is 13.6. The third kappa shape index (κ3) is 2.96. The number of rotatable bonds is 3. The highest BCUT2D eigenvalue weighted by Gasteiger charge is 2.11. The van der Waals surface area contributed by atoms with E-state index in [1.807, 2.05) is 42.5 Å². The summed E-state index contributed by atoms with van der Waals surface area (Å²) in [5.74, 6) is 1.61. The second-order valence-corrected chi connectivity index (χ2v) is 5.59. The first-order valence-electron chi connectivity index (χ1n) is 6.48. The van der Waals surface area contributed by atoms with Crippen LogP contribution in [0.3, 0.4) is 0 Å². The van der Waals surface area contributed by atoms with Crippen molar-refractivity contribution in [2.75, 3.05) is 13.2 Å². The van der Waals surface area contributed by atoms with Crippen molar-refractivity contribution in [2.45, 2.75) is 16.2 Å².